The maximum Gasteiger partial charge on any atom is 0.268 e. The van der Waals surface area contributed by atoms with Gasteiger partial charge < -0.3 is 38.6 Å². The summed E-state index contributed by atoms with van der Waals surface area (Å²) in [7, 11) is 1.55. The van der Waals surface area contributed by atoms with Crippen LogP contribution in [-0.2, 0) is 35.5 Å². The second kappa shape index (κ2) is 22.5. The Morgan fingerprint density at radius 1 is 0.859 bits per heavy atom. The first-order chi connectivity index (χ1) is 34.3. The number of hydrogen-bond donors (Lipinski definition) is 2. The number of quaternary nitrogens is 1. The second-order valence-corrected chi connectivity index (χ2v) is 20.2. The largest absolute Gasteiger partial charge is 0.497 e. The molecular weight excluding hydrogens is 920 g/mol. The lowest BCUT2D eigenvalue weighted by molar-refractivity contribution is -0.121. The maximum absolute atomic E-state index is 13.7. The van der Waals surface area contributed by atoms with Gasteiger partial charge in [-0.15, -0.1) is 0 Å². The van der Waals surface area contributed by atoms with Crippen LogP contribution >= 0.6 is 8.53 Å². The van der Waals surface area contributed by atoms with Gasteiger partial charge in [-0.05, 0) is 98.7 Å². The monoisotopic (exact) mass is 983 g/mol. The number of methoxy groups -OCH3 is 2. The third kappa shape index (κ3) is 10.7. The van der Waals surface area contributed by atoms with Crippen molar-refractivity contribution in [3.05, 3.63) is 137 Å². The van der Waals surface area contributed by atoms with Crippen LogP contribution in [0.25, 0.3) is 0 Å². The van der Waals surface area contributed by atoms with Crippen molar-refractivity contribution in [2.75, 3.05) is 32.8 Å². The molecule has 0 saturated carbocycles. The van der Waals surface area contributed by atoms with Crippen molar-refractivity contribution in [2.45, 2.75) is 110 Å². The molecule has 8 rings (SSSR count). The van der Waals surface area contributed by atoms with Crippen LogP contribution in [0.15, 0.2) is 114 Å². The van der Waals surface area contributed by atoms with E-state index in [1.807, 2.05) is 78.9 Å². The maximum atomic E-state index is 13.7. The zero-order valence-electron chi connectivity index (χ0n) is 41.7. The average Bonchev–Trinajstić information content (AvgIpc) is 3.59. The Labute approximate surface area is 417 Å². The van der Waals surface area contributed by atoms with Crippen LogP contribution in [0.5, 0.6) is 11.5 Å². The lowest BCUT2D eigenvalue weighted by Gasteiger charge is -2.39. The van der Waals surface area contributed by atoms with E-state index in [4.69, 9.17) is 38.0 Å². The van der Waals surface area contributed by atoms with Crippen molar-refractivity contribution in [2.24, 2.45) is 10.9 Å². The third-order valence-corrected chi connectivity index (χ3v) is 15.2. The van der Waals surface area contributed by atoms with Gasteiger partial charge in [-0.2, -0.15) is 19.7 Å². The summed E-state index contributed by atoms with van der Waals surface area (Å²) in [6.45, 7) is 13.2. The average molecular weight is 984 g/mol. The fourth-order valence-electron chi connectivity index (χ4n) is 9.50. The zero-order valence-corrected chi connectivity index (χ0v) is 42.5. The van der Waals surface area contributed by atoms with Crippen LogP contribution in [0.1, 0.15) is 93.4 Å². The molecular formula is C54H64N8O8P+. The molecule has 372 valence electrons. The van der Waals surface area contributed by atoms with E-state index < -0.39 is 32.6 Å². The minimum atomic E-state index is -1.73. The Morgan fingerprint density at radius 2 is 1.49 bits per heavy atom. The fourth-order valence-corrected chi connectivity index (χ4v) is 11.3. The van der Waals surface area contributed by atoms with Gasteiger partial charge in [-0.3, -0.25) is 9.59 Å². The summed E-state index contributed by atoms with van der Waals surface area (Å²) in [4.78, 5) is 40.2. The molecule has 3 aliphatic heterocycles. The number of aliphatic imine (C=N–C) groups is 1. The van der Waals surface area contributed by atoms with E-state index in [0.717, 1.165) is 28.7 Å². The van der Waals surface area contributed by atoms with Crippen LogP contribution in [-0.4, -0.2) is 96.8 Å². The Balaban J connectivity index is 1.10. The minimum absolute atomic E-state index is 0.000786. The van der Waals surface area contributed by atoms with Crippen molar-refractivity contribution in [1.82, 2.24) is 24.4 Å². The molecule has 2 saturated heterocycles. The smallest absolute Gasteiger partial charge is 0.268 e. The van der Waals surface area contributed by atoms with E-state index in [2.05, 4.69) is 80.0 Å². The molecule has 4 aromatic carbocycles. The summed E-state index contributed by atoms with van der Waals surface area (Å²) < 4.78 is 41.8. The zero-order chi connectivity index (χ0) is 50.3. The highest BCUT2D eigenvalue weighted by molar-refractivity contribution is 7.44. The van der Waals surface area contributed by atoms with E-state index in [1.54, 1.807) is 32.7 Å². The molecule has 2 N–H and O–H groups in total. The highest BCUT2D eigenvalue weighted by Crippen LogP contribution is 2.61. The number of nitrogens with one attached hydrogen (secondary N) is 2. The number of anilines is 1. The van der Waals surface area contributed by atoms with E-state index in [0.29, 0.717) is 47.5 Å². The summed E-state index contributed by atoms with van der Waals surface area (Å²) in [5.41, 5.74) is 3.23. The van der Waals surface area contributed by atoms with Crippen LogP contribution in [0.3, 0.4) is 0 Å². The number of fused-ring (bicyclic) bond motifs is 5. The Bertz CT molecular complexity index is 2630. The molecule has 4 unspecified atom stereocenters. The standard InChI is InChI=1S/C54H63N8O8P/c1-35(2)15-28-46(63)56-31-38-16-18-39(19-17-38)52(64)60-50-47-51(58-33-57-50)62(34-59-47)48-49(70-71(68-30-12-29-55)61(36(3)4)37(5)6)45(69-53(48)62)32-67-54(40-13-10-9-11-14-40,41-20-24-43(65-7)25-21-41)42-22-26-44(66-8)27-23-42/h9-11,13-14,16-27,33-37,45,48-49,53H,12,15,28,30-32H2,1-8H3,(H-,56,57,58,60,63,64)/p+1/t45-,48?,49?,53-,62?,71?/m1/s1. The molecule has 71 heavy (non-hydrogen) atoms. The second-order valence-electron chi connectivity index (χ2n) is 18.8. The molecule has 0 bridgehead atoms. The van der Waals surface area contributed by atoms with Crippen LogP contribution < -0.4 is 24.6 Å². The molecule has 3 aliphatic rings. The SMILES string of the molecule is COc1ccc(C(OC[C@H]2O[C@@H]3C(C2OP(OCCC#N)N(C(C)C)C(C)C)[N+]32C=Nc3c(NC(=O)c4ccc(CNC(=O)CCC(C)C)cc4)ncnc32)(c2ccccc2)c2ccc(OC)cc2)cc1. The number of rotatable bonds is 23. The van der Waals surface area contributed by atoms with Gasteiger partial charge in [-0.25, -0.2) is 9.65 Å². The number of benzene rings is 4. The van der Waals surface area contributed by atoms with E-state index in [-0.39, 0.29) is 59.9 Å². The molecule has 0 radical (unpaired) electrons. The molecule has 2 fully saturated rings. The molecule has 0 aliphatic carbocycles. The predicted octanol–water partition coefficient (Wildman–Crippen LogP) is 9.56. The summed E-state index contributed by atoms with van der Waals surface area (Å²) in [6, 6.07) is 34.9. The molecule has 1 spiro atoms. The number of carbonyl (C=O) groups excluding carboxylic acids is 2. The molecule has 5 aromatic rings. The molecule has 17 heteroatoms. The molecule has 4 heterocycles. The van der Waals surface area contributed by atoms with Gasteiger partial charge >= 0.3 is 0 Å². The third-order valence-electron chi connectivity index (χ3n) is 13.1. The number of nitriles is 1. The minimum Gasteiger partial charge on any atom is -0.497 e. The summed E-state index contributed by atoms with van der Waals surface area (Å²) in [5.74, 6) is 2.32. The van der Waals surface area contributed by atoms with Crippen LogP contribution in [0.2, 0.25) is 0 Å². The van der Waals surface area contributed by atoms with Crippen molar-refractivity contribution in [1.29, 1.82) is 5.26 Å². The number of ether oxygens (including phenoxy) is 4. The van der Waals surface area contributed by atoms with Crippen molar-refractivity contribution >= 4 is 44.0 Å². The molecule has 1 aromatic heterocycles. The van der Waals surface area contributed by atoms with Gasteiger partial charge in [0.1, 0.15) is 29.5 Å². The number of hydrogen-bond acceptors (Lipinski definition) is 13. The summed E-state index contributed by atoms with van der Waals surface area (Å²) in [6.07, 6.45) is 2.99. The topological polar surface area (TPSA) is 179 Å². The Morgan fingerprint density at radius 3 is 2.08 bits per heavy atom. The van der Waals surface area contributed by atoms with E-state index in [1.165, 1.54) is 6.33 Å². The Hall–Kier alpha value is -6.15. The lowest BCUT2D eigenvalue weighted by Crippen LogP contribution is -2.47. The molecule has 6 atom stereocenters. The highest BCUT2D eigenvalue weighted by atomic mass is 31.2. The van der Waals surface area contributed by atoms with Gasteiger partial charge in [0.05, 0.1) is 39.9 Å². The predicted molar refractivity (Wildman–Crippen MR) is 273 cm³/mol. The van der Waals surface area contributed by atoms with Crippen molar-refractivity contribution < 1.29 is 37.6 Å². The number of aromatic nitrogens is 2. The number of amides is 2. The van der Waals surface area contributed by atoms with Crippen molar-refractivity contribution in [3.8, 4) is 17.6 Å². The van der Waals surface area contributed by atoms with Crippen LogP contribution in [0, 0.1) is 17.2 Å². The van der Waals surface area contributed by atoms with Gasteiger partial charge in [-0.1, -0.05) is 80.6 Å². The van der Waals surface area contributed by atoms with Gasteiger partial charge in [0, 0.05) is 30.6 Å². The van der Waals surface area contributed by atoms with Gasteiger partial charge in [0.15, 0.2) is 23.9 Å². The molecule has 16 nitrogen and oxygen atoms in total. The quantitative estimate of drug-likeness (QED) is 0.0209. The van der Waals surface area contributed by atoms with Gasteiger partial charge in [0.2, 0.25) is 11.9 Å². The van der Waals surface area contributed by atoms with Crippen molar-refractivity contribution in [3.63, 3.8) is 0 Å². The normalized spacial score (nSPS) is 20.3. The summed E-state index contributed by atoms with van der Waals surface area (Å²) >= 11 is 0. The number of nitrogens with zero attached hydrogens (tertiary/aromatic N) is 6. The fraction of sp³-hybridized carbons (Fsp3) is 0.407. The molecule has 2 amide bonds. The van der Waals surface area contributed by atoms with E-state index >= 15 is 0 Å². The first-order valence-electron chi connectivity index (χ1n) is 24.2. The summed E-state index contributed by atoms with van der Waals surface area (Å²) in [5, 5.41) is 15.5. The highest BCUT2D eigenvalue weighted by Gasteiger charge is 2.82. The van der Waals surface area contributed by atoms with E-state index in [9.17, 15) is 14.9 Å². The first-order valence-corrected chi connectivity index (χ1v) is 25.3. The number of carbonyl (C=O) groups is 2. The van der Waals surface area contributed by atoms with Gasteiger partial charge in [0.25, 0.3) is 26.5 Å². The van der Waals surface area contributed by atoms with Crippen LogP contribution in [0.4, 0.5) is 17.3 Å². The first kappa shape index (κ1) is 51.2. The lowest BCUT2D eigenvalue weighted by atomic mass is 9.80. The Kier molecular flexibility index (Phi) is 16.2.